The average Bonchev–Trinajstić information content (AvgIpc) is 3.42. The average molecular weight is 770 g/mol. The van der Waals surface area contributed by atoms with Crippen LogP contribution in [-0.4, -0.2) is 8.42 Å². The van der Waals surface area contributed by atoms with Crippen molar-refractivity contribution in [1.82, 2.24) is 0 Å². The van der Waals surface area contributed by atoms with Crippen LogP contribution >= 0.6 is 132 Å². The number of fused-ring (bicyclic) bond motifs is 6. The van der Waals surface area contributed by atoms with Crippen LogP contribution in [-0.2, 0) is 9.84 Å². The molecule has 0 aliphatic rings. The van der Waals surface area contributed by atoms with Gasteiger partial charge >= 0.3 is 0 Å². The third-order valence-corrected chi connectivity index (χ3v) is 18.7. The van der Waals surface area contributed by atoms with E-state index in [9.17, 15) is 8.42 Å². The van der Waals surface area contributed by atoms with E-state index in [1.807, 2.05) is 0 Å². The quantitative estimate of drug-likeness (QED) is 0.176. The van der Waals surface area contributed by atoms with Crippen molar-refractivity contribution in [3.05, 3.63) is 27.3 Å². The molecule has 29 heavy (non-hydrogen) atoms. The van der Waals surface area contributed by atoms with Gasteiger partial charge in [-0.05, 0) is 63.7 Å². The Morgan fingerprint density at radius 3 is 1.38 bits per heavy atom. The van der Waals surface area contributed by atoms with Crippen LogP contribution in [0, 0.1) is 0 Å². The third-order valence-electron chi connectivity index (χ3n) is 4.33. The molecule has 2 nitrogen and oxygen atoms in total. The molecule has 6 heterocycles. The van der Waals surface area contributed by atoms with E-state index >= 15 is 0 Å². The Morgan fingerprint density at radius 2 is 0.966 bits per heavy atom. The van der Waals surface area contributed by atoms with Gasteiger partial charge in [0.1, 0.15) is 9.79 Å². The maximum absolute atomic E-state index is 13.9. The van der Waals surface area contributed by atoms with Crippen LogP contribution in [0.3, 0.4) is 0 Å². The molecule has 13 heteroatoms. The maximum Gasteiger partial charge on any atom is 0.213 e. The minimum Gasteiger partial charge on any atom is -0.218 e. The summed E-state index contributed by atoms with van der Waals surface area (Å²) in [7, 11) is -3.72. The van der Waals surface area contributed by atoms with Crippen molar-refractivity contribution in [3.63, 3.8) is 0 Å². The molecule has 0 aromatic carbocycles. The molecule has 6 aromatic heterocycles. The first-order valence-electron chi connectivity index (χ1n) is 7.59. The summed E-state index contributed by atoms with van der Waals surface area (Å²) in [5, 5.41) is 4.11. The Kier molecular flexibility index (Phi) is 5.03. The fourth-order valence-electron chi connectivity index (χ4n) is 3.15. The number of hydrogen-bond donors (Lipinski definition) is 0. The van der Waals surface area contributed by atoms with Crippen molar-refractivity contribution >= 4 is 179 Å². The molecule has 0 fully saturated rings. The number of hydrogen-bond acceptors (Lipinski definition) is 8. The van der Waals surface area contributed by atoms with Gasteiger partial charge in [0.15, 0.2) is 0 Å². The largest absolute Gasteiger partial charge is 0.218 e. The molecule has 6 aromatic rings. The number of sulfone groups is 1. The molecular formula is C16H2Br4O2S7. The van der Waals surface area contributed by atoms with Crippen molar-refractivity contribution < 1.29 is 8.42 Å². The second-order valence-electron chi connectivity index (χ2n) is 5.92. The second-order valence-corrected chi connectivity index (χ2v) is 17.9. The Labute approximate surface area is 221 Å². The zero-order valence-corrected chi connectivity index (χ0v) is 25.4. The van der Waals surface area contributed by atoms with E-state index in [0.29, 0.717) is 17.4 Å². The highest BCUT2D eigenvalue weighted by Crippen LogP contribution is 2.55. The van der Waals surface area contributed by atoms with Gasteiger partial charge in [-0.1, -0.05) is 0 Å². The topological polar surface area (TPSA) is 34.1 Å². The highest BCUT2D eigenvalue weighted by Gasteiger charge is 2.34. The summed E-state index contributed by atoms with van der Waals surface area (Å²) < 4.78 is 39.5. The van der Waals surface area contributed by atoms with Crippen LogP contribution < -0.4 is 0 Å². The first-order chi connectivity index (χ1) is 13.8. The van der Waals surface area contributed by atoms with Crippen LogP contribution in [0.15, 0.2) is 37.1 Å². The zero-order valence-electron chi connectivity index (χ0n) is 13.3. The van der Waals surface area contributed by atoms with Gasteiger partial charge in [0, 0.05) is 19.7 Å². The lowest BCUT2D eigenvalue weighted by Gasteiger charge is -2.03. The van der Waals surface area contributed by atoms with Crippen molar-refractivity contribution in [2.45, 2.75) is 9.79 Å². The van der Waals surface area contributed by atoms with Crippen molar-refractivity contribution in [2.75, 3.05) is 0 Å². The van der Waals surface area contributed by atoms with Gasteiger partial charge in [0.25, 0.3) is 0 Å². The normalized spacial score (nSPS) is 13.1. The van der Waals surface area contributed by atoms with Gasteiger partial charge in [-0.25, -0.2) is 8.42 Å². The van der Waals surface area contributed by atoms with Gasteiger partial charge in [-0.3, -0.25) is 0 Å². The Balaban J connectivity index is 1.70. The molecule has 148 valence electrons. The summed E-state index contributed by atoms with van der Waals surface area (Å²) >= 11 is 23.6. The molecule has 0 saturated carbocycles. The van der Waals surface area contributed by atoms with E-state index in [1.54, 1.807) is 22.7 Å². The summed E-state index contributed by atoms with van der Waals surface area (Å²) in [6, 6.07) is 0. The maximum atomic E-state index is 13.9. The highest BCUT2D eigenvalue weighted by molar-refractivity contribution is 9.11. The summed E-state index contributed by atoms with van der Waals surface area (Å²) in [5.74, 6) is 0. The number of rotatable bonds is 2. The molecule has 0 bridgehead atoms. The van der Waals surface area contributed by atoms with Crippen LogP contribution in [0.4, 0.5) is 0 Å². The molecule has 0 unspecified atom stereocenters. The minimum absolute atomic E-state index is 0.383. The Hall–Kier alpha value is 1.11. The van der Waals surface area contributed by atoms with Gasteiger partial charge in [-0.15, -0.1) is 68.0 Å². The van der Waals surface area contributed by atoms with Crippen LogP contribution in [0.25, 0.3) is 37.6 Å². The zero-order chi connectivity index (χ0) is 20.2. The predicted octanol–water partition coefficient (Wildman–Crippen LogP) is 10.6. The predicted molar refractivity (Wildman–Crippen MR) is 146 cm³/mol. The molecule has 0 atom stereocenters. The summed E-state index contributed by atoms with van der Waals surface area (Å²) in [5.41, 5.74) is 0. The molecule has 0 spiro atoms. The standard InChI is InChI=1S/C16H2Br4O2S7/c17-3-1-23-7-5(3)25-11-9(7)27-15(19)13(11)29(21,22)14-12-10(28-16(14)20)8-6(26-12)4(18)2-24-8/h1-2H. The molecule has 0 amide bonds. The van der Waals surface area contributed by atoms with Gasteiger partial charge in [-0.2, -0.15) is 0 Å². The minimum atomic E-state index is -3.72. The fourth-order valence-corrected chi connectivity index (χ4v) is 18.1. The SMILES string of the molecule is O=S(=O)(c1c(Br)sc2c1sc1c(Br)csc12)c1c(Br)sc2c1sc1c(Br)csc12. The van der Waals surface area contributed by atoms with Gasteiger partial charge in [0.2, 0.25) is 9.84 Å². The lowest BCUT2D eigenvalue weighted by Crippen LogP contribution is -2.01. The first-order valence-corrected chi connectivity index (χ1v) is 17.3. The van der Waals surface area contributed by atoms with Crippen molar-refractivity contribution in [1.29, 1.82) is 0 Å². The lowest BCUT2D eigenvalue weighted by atomic mass is 10.5. The van der Waals surface area contributed by atoms with Crippen LogP contribution in [0.1, 0.15) is 0 Å². The lowest BCUT2D eigenvalue weighted by molar-refractivity contribution is 0.598. The van der Waals surface area contributed by atoms with E-state index in [-0.39, 0.29) is 0 Å². The number of halogens is 4. The summed E-state index contributed by atoms with van der Waals surface area (Å²) in [6.07, 6.45) is 0. The van der Waals surface area contributed by atoms with Crippen LogP contribution in [0.5, 0.6) is 0 Å². The molecule has 0 aliphatic carbocycles. The Bertz CT molecular complexity index is 1600. The monoisotopic (exact) mass is 765 g/mol. The van der Waals surface area contributed by atoms with E-state index < -0.39 is 9.84 Å². The summed E-state index contributed by atoms with van der Waals surface area (Å²) in [6.45, 7) is 0. The first kappa shape index (κ1) is 20.7. The van der Waals surface area contributed by atoms with E-state index in [1.165, 1.54) is 45.3 Å². The van der Waals surface area contributed by atoms with E-state index in [0.717, 1.165) is 46.5 Å². The molecular weight excluding hydrogens is 768 g/mol. The fraction of sp³-hybridized carbons (Fsp3) is 0. The van der Waals surface area contributed by atoms with Crippen molar-refractivity contribution in [3.8, 4) is 0 Å². The van der Waals surface area contributed by atoms with E-state index in [2.05, 4.69) is 74.5 Å². The molecule has 0 aliphatic heterocycles. The molecule has 0 saturated heterocycles. The van der Waals surface area contributed by atoms with Crippen LogP contribution in [0.2, 0.25) is 0 Å². The molecule has 6 rings (SSSR count). The smallest absolute Gasteiger partial charge is 0.213 e. The van der Waals surface area contributed by atoms with Gasteiger partial charge in [0.05, 0.1) is 45.2 Å². The molecule has 0 N–H and O–H groups in total. The van der Waals surface area contributed by atoms with E-state index in [4.69, 9.17) is 0 Å². The third kappa shape index (κ3) is 2.82. The highest BCUT2D eigenvalue weighted by atomic mass is 79.9. The summed E-state index contributed by atoms with van der Waals surface area (Å²) in [4.78, 5) is 0.767. The second kappa shape index (κ2) is 7.05. The Morgan fingerprint density at radius 1 is 0.552 bits per heavy atom. The molecule has 0 radical (unpaired) electrons. The van der Waals surface area contributed by atoms with Gasteiger partial charge < -0.3 is 0 Å². The number of thiophene rings is 6. The van der Waals surface area contributed by atoms with Crippen molar-refractivity contribution in [2.24, 2.45) is 0 Å².